The summed E-state index contributed by atoms with van der Waals surface area (Å²) in [6, 6.07) is 9.40. The molecule has 1 unspecified atom stereocenters. The van der Waals surface area contributed by atoms with Crippen molar-refractivity contribution in [2.75, 3.05) is 19.6 Å². The van der Waals surface area contributed by atoms with E-state index in [1.54, 1.807) is 26.4 Å². The van der Waals surface area contributed by atoms with Crippen LogP contribution in [0.25, 0.3) is 5.69 Å². The van der Waals surface area contributed by atoms with Crippen LogP contribution in [0.15, 0.2) is 41.5 Å². The number of hydrogen-bond donors (Lipinski definition) is 2. The van der Waals surface area contributed by atoms with Gasteiger partial charge in [-0.1, -0.05) is 12.1 Å². The lowest BCUT2D eigenvalue weighted by Crippen LogP contribution is -2.41. The number of imidazole rings is 1. The van der Waals surface area contributed by atoms with Crippen molar-refractivity contribution in [1.29, 1.82) is 5.26 Å². The van der Waals surface area contributed by atoms with E-state index in [1.165, 1.54) is 0 Å². The SMILES string of the molecule is N#CC1CCCN1C(=O)CNCCn1ccn(-c2ccc(CN)cc2)c1=O. The minimum Gasteiger partial charge on any atom is -0.326 e. The van der Waals surface area contributed by atoms with Crippen LogP contribution in [0.4, 0.5) is 0 Å². The maximum atomic E-state index is 12.5. The predicted octanol–water partition coefficient (Wildman–Crippen LogP) is 0.202. The van der Waals surface area contributed by atoms with Gasteiger partial charge < -0.3 is 16.0 Å². The summed E-state index contributed by atoms with van der Waals surface area (Å²) in [6.07, 6.45) is 5.08. The summed E-state index contributed by atoms with van der Waals surface area (Å²) in [4.78, 5) is 26.3. The van der Waals surface area contributed by atoms with Gasteiger partial charge in [0.15, 0.2) is 0 Å². The summed E-state index contributed by atoms with van der Waals surface area (Å²) in [5.41, 5.74) is 7.26. The van der Waals surface area contributed by atoms with Crippen LogP contribution in [0.1, 0.15) is 18.4 Å². The van der Waals surface area contributed by atoms with E-state index in [2.05, 4.69) is 11.4 Å². The number of likely N-dealkylation sites (tertiary alicyclic amines) is 1. The number of carbonyl (C=O) groups excluding carboxylic acids is 1. The average Bonchev–Trinajstić information content (AvgIpc) is 3.32. The van der Waals surface area contributed by atoms with Crippen LogP contribution in [-0.4, -0.2) is 45.6 Å². The fraction of sp³-hybridized carbons (Fsp3) is 0.421. The third-order valence-corrected chi connectivity index (χ3v) is 4.83. The third kappa shape index (κ3) is 4.27. The lowest BCUT2D eigenvalue weighted by atomic mass is 10.2. The van der Waals surface area contributed by atoms with E-state index in [0.717, 1.165) is 24.1 Å². The van der Waals surface area contributed by atoms with Crippen molar-refractivity contribution in [2.45, 2.75) is 32.0 Å². The van der Waals surface area contributed by atoms with E-state index in [-0.39, 0.29) is 24.2 Å². The van der Waals surface area contributed by atoms with Crippen LogP contribution >= 0.6 is 0 Å². The van der Waals surface area contributed by atoms with E-state index >= 15 is 0 Å². The Labute approximate surface area is 157 Å². The van der Waals surface area contributed by atoms with Gasteiger partial charge in [-0.05, 0) is 30.5 Å². The maximum Gasteiger partial charge on any atom is 0.332 e. The standard InChI is InChI=1S/C19H24N6O2/c20-12-15-3-5-16(6-4-15)25-11-10-23(19(25)27)9-7-22-14-18(26)24-8-1-2-17(24)13-21/h3-6,10-11,17,22H,1-2,7-9,12,14,20H2. The number of benzene rings is 1. The van der Waals surface area contributed by atoms with Crippen molar-refractivity contribution >= 4 is 5.91 Å². The van der Waals surface area contributed by atoms with Gasteiger partial charge in [-0.25, -0.2) is 4.79 Å². The number of carbonyl (C=O) groups is 1. The van der Waals surface area contributed by atoms with Crippen molar-refractivity contribution in [3.05, 3.63) is 52.7 Å². The largest absolute Gasteiger partial charge is 0.332 e. The van der Waals surface area contributed by atoms with Crippen LogP contribution < -0.4 is 16.7 Å². The molecule has 142 valence electrons. The van der Waals surface area contributed by atoms with Crippen molar-refractivity contribution in [2.24, 2.45) is 5.73 Å². The minimum absolute atomic E-state index is 0.0658. The zero-order chi connectivity index (χ0) is 19.2. The summed E-state index contributed by atoms with van der Waals surface area (Å²) in [6.45, 7) is 2.24. The van der Waals surface area contributed by atoms with Crippen LogP contribution in [0.5, 0.6) is 0 Å². The summed E-state index contributed by atoms with van der Waals surface area (Å²) in [7, 11) is 0. The second-order valence-electron chi connectivity index (χ2n) is 6.57. The molecule has 1 atom stereocenters. The van der Waals surface area contributed by atoms with Crippen LogP contribution in [-0.2, 0) is 17.9 Å². The first kappa shape index (κ1) is 18.9. The van der Waals surface area contributed by atoms with Crippen molar-refractivity contribution < 1.29 is 4.79 Å². The Morgan fingerprint density at radius 1 is 1.30 bits per heavy atom. The Bertz CT molecular complexity index is 877. The van der Waals surface area contributed by atoms with Crippen molar-refractivity contribution in [3.8, 4) is 11.8 Å². The molecule has 3 rings (SSSR count). The predicted molar refractivity (Wildman–Crippen MR) is 101 cm³/mol. The first-order valence-electron chi connectivity index (χ1n) is 9.11. The normalized spacial score (nSPS) is 16.4. The maximum absolute atomic E-state index is 12.5. The number of nitrogens with two attached hydrogens (primary N) is 1. The Hall–Kier alpha value is -2.89. The molecular formula is C19H24N6O2. The number of nitriles is 1. The van der Waals surface area contributed by atoms with Gasteiger partial charge in [-0.2, -0.15) is 5.26 Å². The summed E-state index contributed by atoms with van der Waals surface area (Å²) >= 11 is 0. The summed E-state index contributed by atoms with van der Waals surface area (Å²) in [5.74, 6) is -0.0658. The van der Waals surface area contributed by atoms with E-state index in [0.29, 0.717) is 26.2 Å². The highest BCUT2D eigenvalue weighted by atomic mass is 16.2. The lowest BCUT2D eigenvalue weighted by Gasteiger charge is -2.19. The fourth-order valence-corrected chi connectivity index (χ4v) is 3.27. The highest BCUT2D eigenvalue weighted by molar-refractivity contribution is 5.79. The van der Waals surface area contributed by atoms with E-state index in [1.807, 2.05) is 24.3 Å². The molecule has 1 saturated heterocycles. The zero-order valence-corrected chi connectivity index (χ0v) is 15.2. The molecule has 8 heteroatoms. The molecule has 1 aromatic carbocycles. The lowest BCUT2D eigenvalue weighted by molar-refractivity contribution is -0.130. The van der Waals surface area contributed by atoms with Gasteiger partial charge in [-0.3, -0.25) is 13.9 Å². The smallest absolute Gasteiger partial charge is 0.326 e. The number of aromatic nitrogens is 2. The highest BCUT2D eigenvalue weighted by Gasteiger charge is 2.27. The molecule has 27 heavy (non-hydrogen) atoms. The molecule has 0 bridgehead atoms. The number of rotatable bonds is 7. The van der Waals surface area contributed by atoms with Gasteiger partial charge in [-0.15, -0.1) is 0 Å². The molecule has 8 nitrogen and oxygen atoms in total. The Morgan fingerprint density at radius 3 is 2.78 bits per heavy atom. The first-order chi connectivity index (χ1) is 13.1. The third-order valence-electron chi connectivity index (χ3n) is 4.83. The Balaban J connectivity index is 1.52. The van der Waals surface area contributed by atoms with Crippen molar-refractivity contribution in [1.82, 2.24) is 19.4 Å². The molecule has 1 aliphatic heterocycles. The molecule has 0 spiro atoms. The van der Waals surface area contributed by atoms with Crippen molar-refractivity contribution in [3.63, 3.8) is 0 Å². The molecule has 2 aromatic rings. The number of nitrogens with one attached hydrogen (secondary N) is 1. The molecule has 0 aliphatic carbocycles. The van der Waals surface area contributed by atoms with Gasteiger partial charge in [0.2, 0.25) is 5.91 Å². The van der Waals surface area contributed by atoms with E-state index in [4.69, 9.17) is 11.0 Å². The zero-order valence-electron chi connectivity index (χ0n) is 15.2. The molecule has 1 aromatic heterocycles. The molecule has 2 heterocycles. The fourth-order valence-electron chi connectivity index (χ4n) is 3.27. The summed E-state index contributed by atoms with van der Waals surface area (Å²) < 4.78 is 3.18. The first-order valence-corrected chi connectivity index (χ1v) is 9.11. The number of amides is 1. The molecular weight excluding hydrogens is 344 g/mol. The molecule has 0 radical (unpaired) electrons. The quantitative estimate of drug-likeness (QED) is 0.679. The molecule has 1 fully saturated rings. The second-order valence-corrected chi connectivity index (χ2v) is 6.57. The van der Waals surface area contributed by atoms with Gasteiger partial charge in [0, 0.05) is 38.6 Å². The molecule has 0 saturated carbocycles. The Morgan fingerprint density at radius 2 is 2.07 bits per heavy atom. The van der Waals surface area contributed by atoms with Gasteiger partial charge >= 0.3 is 5.69 Å². The molecule has 1 amide bonds. The topological polar surface area (TPSA) is 109 Å². The van der Waals surface area contributed by atoms with Crippen LogP contribution in [0.3, 0.4) is 0 Å². The average molecular weight is 368 g/mol. The van der Waals surface area contributed by atoms with Gasteiger partial charge in [0.1, 0.15) is 6.04 Å². The van der Waals surface area contributed by atoms with Crippen LogP contribution in [0.2, 0.25) is 0 Å². The van der Waals surface area contributed by atoms with E-state index < -0.39 is 0 Å². The van der Waals surface area contributed by atoms with Gasteiger partial charge in [0.25, 0.3) is 0 Å². The molecule has 3 N–H and O–H groups in total. The number of hydrogen-bond acceptors (Lipinski definition) is 5. The van der Waals surface area contributed by atoms with E-state index in [9.17, 15) is 9.59 Å². The summed E-state index contributed by atoms with van der Waals surface area (Å²) in [5, 5.41) is 12.1. The second kappa shape index (κ2) is 8.66. The highest BCUT2D eigenvalue weighted by Crippen LogP contribution is 2.15. The van der Waals surface area contributed by atoms with Gasteiger partial charge in [0.05, 0.1) is 18.3 Å². The minimum atomic E-state index is -0.304. The monoisotopic (exact) mass is 368 g/mol. The Kier molecular flexibility index (Phi) is 6.06. The number of nitrogens with zero attached hydrogens (tertiary/aromatic N) is 4. The molecule has 1 aliphatic rings. The van der Waals surface area contributed by atoms with Crippen LogP contribution in [0, 0.1) is 11.3 Å².